The number of aromatic hydroxyl groups is 1. The summed E-state index contributed by atoms with van der Waals surface area (Å²) in [6.07, 6.45) is 16.8. The van der Waals surface area contributed by atoms with E-state index in [4.69, 9.17) is 5.11 Å². The third-order valence-corrected chi connectivity index (χ3v) is 4.61. The topological polar surface area (TPSA) is 57.5 Å². The molecule has 0 aromatic heterocycles. The van der Waals surface area contributed by atoms with E-state index in [1.165, 1.54) is 76.7 Å². The zero-order chi connectivity index (χ0) is 17.6. The van der Waals surface area contributed by atoms with E-state index in [9.17, 15) is 9.90 Å². The molecule has 0 aliphatic carbocycles. The number of rotatable bonds is 14. The minimum atomic E-state index is -1.08. The molecule has 0 radical (unpaired) electrons. The van der Waals surface area contributed by atoms with Gasteiger partial charge in [0.05, 0.1) is 0 Å². The SMILES string of the molecule is CCCCCCCCCCCCCCc1ccc(C(=O)O)c(O)c1.[Zn]. The molecule has 2 N–H and O–H groups in total. The van der Waals surface area contributed by atoms with Crippen molar-refractivity contribution in [3.05, 3.63) is 29.3 Å². The van der Waals surface area contributed by atoms with Crippen LogP contribution in [0, 0.1) is 0 Å². The Balaban J connectivity index is 0.00000576. The number of carboxylic acids is 1. The van der Waals surface area contributed by atoms with E-state index in [1.54, 1.807) is 6.07 Å². The molecule has 3 nitrogen and oxygen atoms in total. The van der Waals surface area contributed by atoms with Crippen LogP contribution in [0.25, 0.3) is 0 Å². The predicted molar refractivity (Wildman–Crippen MR) is 99.8 cm³/mol. The van der Waals surface area contributed by atoms with Crippen LogP contribution in [0.2, 0.25) is 0 Å². The third kappa shape index (κ3) is 11.4. The predicted octanol–water partition coefficient (Wildman–Crippen LogP) is 6.33. The van der Waals surface area contributed by atoms with Crippen molar-refractivity contribution in [1.29, 1.82) is 0 Å². The summed E-state index contributed by atoms with van der Waals surface area (Å²) in [5, 5.41) is 18.6. The molecule has 0 atom stereocenters. The molecule has 138 valence electrons. The van der Waals surface area contributed by atoms with Gasteiger partial charge in [-0.15, -0.1) is 0 Å². The Labute approximate surface area is 166 Å². The van der Waals surface area contributed by atoms with Crippen molar-refractivity contribution in [2.24, 2.45) is 0 Å². The largest absolute Gasteiger partial charge is 0.507 e. The summed E-state index contributed by atoms with van der Waals surface area (Å²) in [4.78, 5) is 10.8. The van der Waals surface area contributed by atoms with E-state index in [0.717, 1.165) is 18.4 Å². The van der Waals surface area contributed by atoms with E-state index in [2.05, 4.69) is 6.92 Å². The molecule has 0 fully saturated rings. The zero-order valence-corrected chi connectivity index (χ0v) is 18.9. The van der Waals surface area contributed by atoms with Gasteiger partial charge >= 0.3 is 5.97 Å². The molecule has 1 aromatic carbocycles. The summed E-state index contributed by atoms with van der Waals surface area (Å²) < 4.78 is 0. The minimum absolute atomic E-state index is 0. The summed E-state index contributed by atoms with van der Waals surface area (Å²) in [6, 6.07) is 4.89. The van der Waals surface area contributed by atoms with Gasteiger partial charge in [-0.2, -0.15) is 0 Å². The molecule has 0 amide bonds. The van der Waals surface area contributed by atoms with Crippen LogP contribution < -0.4 is 0 Å². The van der Waals surface area contributed by atoms with Gasteiger partial charge < -0.3 is 10.2 Å². The fraction of sp³-hybridized carbons (Fsp3) is 0.667. The van der Waals surface area contributed by atoms with E-state index in [0.29, 0.717) is 0 Å². The average Bonchev–Trinajstić information content (AvgIpc) is 2.55. The van der Waals surface area contributed by atoms with Crippen molar-refractivity contribution in [2.75, 3.05) is 0 Å². The van der Waals surface area contributed by atoms with Crippen LogP contribution in [-0.4, -0.2) is 16.2 Å². The second-order valence-corrected chi connectivity index (χ2v) is 6.80. The van der Waals surface area contributed by atoms with Crippen LogP contribution in [0.4, 0.5) is 0 Å². The number of phenols is 1. The van der Waals surface area contributed by atoms with Crippen LogP contribution in [-0.2, 0) is 25.9 Å². The van der Waals surface area contributed by atoms with Crippen molar-refractivity contribution < 1.29 is 34.5 Å². The molecule has 1 rings (SSSR count). The van der Waals surface area contributed by atoms with Gasteiger partial charge in [0, 0.05) is 19.5 Å². The van der Waals surface area contributed by atoms with Crippen molar-refractivity contribution in [1.82, 2.24) is 0 Å². The Morgan fingerprint density at radius 3 is 1.76 bits per heavy atom. The van der Waals surface area contributed by atoms with Crippen molar-refractivity contribution >= 4 is 5.97 Å². The van der Waals surface area contributed by atoms with Crippen molar-refractivity contribution in [3.63, 3.8) is 0 Å². The smallest absolute Gasteiger partial charge is 0.339 e. The standard InChI is InChI=1S/C21H34O3.Zn/c1-2-3-4-5-6-7-8-9-10-11-12-13-14-18-15-16-19(21(23)24)20(22)17-18;/h15-17,22H,2-14H2,1H3,(H,23,24);. The molecule has 25 heavy (non-hydrogen) atoms. The maximum atomic E-state index is 10.8. The normalized spacial score (nSPS) is 10.4. The molecular formula is C21H34O3Zn. The van der Waals surface area contributed by atoms with Crippen LogP contribution in [0.5, 0.6) is 5.75 Å². The quantitative estimate of drug-likeness (QED) is 0.284. The monoisotopic (exact) mass is 398 g/mol. The van der Waals surface area contributed by atoms with Gasteiger partial charge in [-0.05, 0) is 30.5 Å². The number of carboxylic acid groups (broad SMARTS) is 1. The maximum absolute atomic E-state index is 10.8. The summed E-state index contributed by atoms with van der Waals surface area (Å²) in [5.74, 6) is -1.21. The molecule has 0 aliphatic heterocycles. The fourth-order valence-electron chi connectivity index (χ4n) is 3.08. The molecule has 0 saturated carbocycles. The van der Waals surface area contributed by atoms with Crippen LogP contribution in [0.3, 0.4) is 0 Å². The summed E-state index contributed by atoms with van der Waals surface area (Å²) in [7, 11) is 0. The van der Waals surface area contributed by atoms with E-state index in [-0.39, 0.29) is 30.8 Å². The second-order valence-electron chi connectivity index (χ2n) is 6.80. The average molecular weight is 400 g/mol. The molecule has 0 aliphatic rings. The molecule has 0 spiro atoms. The van der Waals surface area contributed by atoms with Crippen LogP contribution in [0.1, 0.15) is 99.9 Å². The van der Waals surface area contributed by atoms with Crippen molar-refractivity contribution in [3.8, 4) is 5.75 Å². The summed E-state index contributed by atoms with van der Waals surface area (Å²) >= 11 is 0. The van der Waals surface area contributed by atoms with Gasteiger partial charge in [-0.25, -0.2) is 4.79 Å². The van der Waals surface area contributed by atoms with E-state index < -0.39 is 5.97 Å². The maximum Gasteiger partial charge on any atom is 0.339 e. The Morgan fingerprint density at radius 1 is 0.840 bits per heavy atom. The number of benzene rings is 1. The number of unbranched alkanes of at least 4 members (excludes halogenated alkanes) is 11. The first-order valence-electron chi connectivity index (χ1n) is 9.70. The number of aromatic carboxylic acids is 1. The minimum Gasteiger partial charge on any atom is -0.507 e. The third-order valence-electron chi connectivity index (χ3n) is 4.61. The van der Waals surface area contributed by atoms with Gasteiger partial charge in [0.15, 0.2) is 0 Å². The van der Waals surface area contributed by atoms with Gasteiger partial charge in [-0.3, -0.25) is 0 Å². The molecule has 0 unspecified atom stereocenters. The molecular weight excluding hydrogens is 366 g/mol. The van der Waals surface area contributed by atoms with Crippen LogP contribution in [0.15, 0.2) is 18.2 Å². The number of hydrogen-bond donors (Lipinski definition) is 2. The van der Waals surface area contributed by atoms with E-state index >= 15 is 0 Å². The molecule has 4 heteroatoms. The Kier molecular flexibility index (Phi) is 14.8. The summed E-state index contributed by atoms with van der Waals surface area (Å²) in [6.45, 7) is 2.26. The first-order chi connectivity index (χ1) is 11.6. The molecule has 1 aromatic rings. The number of carbonyl (C=O) groups is 1. The second kappa shape index (κ2) is 15.4. The fourth-order valence-corrected chi connectivity index (χ4v) is 3.08. The van der Waals surface area contributed by atoms with E-state index in [1.807, 2.05) is 6.07 Å². The van der Waals surface area contributed by atoms with Gasteiger partial charge in [0.1, 0.15) is 11.3 Å². The number of hydrogen-bond acceptors (Lipinski definition) is 2. The van der Waals surface area contributed by atoms with Gasteiger partial charge in [-0.1, -0.05) is 83.6 Å². The van der Waals surface area contributed by atoms with Crippen LogP contribution >= 0.6 is 0 Å². The van der Waals surface area contributed by atoms with Gasteiger partial charge in [0.25, 0.3) is 0 Å². The first-order valence-corrected chi connectivity index (χ1v) is 9.70. The summed E-state index contributed by atoms with van der Waals surface area (Å²) in [5.41, 5.74) is 0.998. The molecule has 0 saturated heterocycles. The Hall–Kier alpha value is -0.887. The van der Waals surface area contributed by atoms with Gasteiger partial charge in [0.2, 0.25) is 0 Å². The zero-order valence-electron chi connectivity index (χ0n) is 15.9. The number of aryl methyl sites for hydroxylation is 1. The Bertz CT molecular complexity index is 474. The van der Waals surface area contributed by atoms with Crippen molar-refractivity contribution in [2.45, 2.75) is 90.4 Å². The molecule has 0 bridgehead atoms. The Morgan fingerprint density at radius 2 is 1.32 bits per heavy atom. The first kappa shape index (κ1) is 24.1. The molecule has 0 heterocycles.